The molecule has 1 N–H and O–H groups in total. The Bertz CT molecular complexity index is 478. The van der Waals surface area contributed by atoms with Gasteiger partial charge in [0.2, 0.25) is 0 Å². The SMILES string of the molecule is CCOC(=O)C(C#N)=CNc1ccccc1Cl. The molecule has 0 spiro atoms. The summed E-state index contributed by atoms with van der Waals surface area (Å²) >= 11 is 5.90. The average Bonchev–Trinajstić information content (AvgIpc) is 2.32. The second-order valence-corrected chi connectivity index (χ2v) is 3.42. The summed E-state index contributed by atoms with van der Waals surface area (Å²) in [6.07, 6.45) is 1.28. The lowest BCUT2D eigenvalue weighted by Crippen LogP contribution is -2.07. The van der Waals surface area contributed by atoms with Crippen LogP contribution < -0.4 is 5.32 Å². The van der Waals surface area contributed by atoms with Crippen molar-refractivity contribution in [2.75, 3.05) is 11.9 Å². The minimum atomic E-state index is -0.658. The summed E-state index contributed by atoms with van der Waals surface area (Å²) in [6, 6.07) is 8.77. The number of esters is 1. The van der Waals surface area contributed by atoms with Crippen LogP contribution in [0.25, 0.3) is 0 Å². The normalized spacial score (nSPS) is 10.5. The van der Waals surface area contributed by atoms with Gasteiger partial charge in [0.25, 0.3) is 0 Å². The second kappa shape index (κ2) is 6.56. The Kier molecular flexibility index (Phi) is 5.05. The Morgan fingerprint density at radius 3 is 2.88 bits per heavy atom. The minimum Gasteiger partial charge on any atom is -0.462 e. The summed E-state index contributed by atoms with van der Waals surface area (Å²) in [4.78, 5) is 11.3. The van der Waals surface area contributed by atoms with Gasteiger partial charge >= 0.3 is 5.97 Å². The lowest BCUT2D eigenvalue weighted by atomic mass is 10.3. The van der Waals surface area contributed by atoms with Crippen LogP contribution in [0.15, 0.2) is 36.0 Å². The number of anilines is 1. The molecule has 17 heavy (non-hydrogen) atoms. The Balaban J connectivity index is 2.79. The van der Waals surface area contributed by atoms with Crippen LogP contribution in [0.5, 0.6) is 0 Å². The van der Waals surface area contributed by atoms with Gasteiger partial charge in [-0.15, -0.1) is 0 Å². The highest BCUT2D eigenvalue weighted by atomic mass is 35.5. The topological polar surface area (TPSA) is 62.1 Å². The molecule has 0 fully saturated rings. The molecule has 0 amide bonds. The monoisotopic (exact) mass is 250 g/mol. The molecular formula is C12H11ClN2O2. The first-order valence-corrected chi connectivity index (χ1v) is 5.35. The summed E-state index contributed by atoms with van der Waals surface area (Å²) in [5, 5.41) is 12.1. The van der Waals surface area contributed by atoms with Crippen LogP contribution in [0.4, 0.5) is 5.69 Å². The molecule has 0 aromatic heterocycles. The van der Waals surface area contributed by atoms with Crippen molar-refractivity contribution < 1.29 is 9.53 Å². The molecule has 0 saturated carbocycles. The molecule has 1 aromatic rings. The zero-order valence-electron chi connectivity index (χ0n) is 9.24. The van der Waals surface area contributed by atoms with Gasteiger partial charge in [0, 0.05) is 6.20 Å². The van der Waals surface area contributed by atoms with Crippen molar-refractivity contribution in [2.24, 2.45) is 0 Å². The van der Waals surface area contributed by atoms with Crippen LogP contribution in [0, 0.1) is 11.3 Å². The van der Waals surface area contributed by atoms with Gasteiger partial charge in [-0.3, -0.25) is 0 Å². The smallest absolute Gasteiger partial charge is 0.350 e. The third-order valence-electron chi connectivity index (χ3n) is 1.86. The minimum absolute atomic E-state index is 0.105. The van der Waals surface area contributed by atoms with Crippen molar-refractivity contribution >= 4 is 23.3 Å². The van der Waals surface area contributed by atoms with Crippen molar-refractivity contribution in [3.8, 4) is 6.07 Å². The molecule has 0 aliphatic heterocycles. The number of carbonyl (C=O) groups excluding carboxylic acids is 1. The van der Waals surface area contributed by atoms with E-state index in [0.29, 0.717) is 10.7 Å². The molecule has 88 valence electrons. The first-order chi connectivity index (χ1) is 8.19. The molecule has 4 nitrogen and oxygen atoms in total. The van der Waals surface area contributed by atoms with Gasteiger partial charge in [0.1, 0.15) is 6.07 Å². The van der Waals surface area contributed by atoms with Crippen molar-refractivity contribution in [3.63, 3.8) is 0 Å². The van der Waals surface area contributed by atoms with Gasteiger partial charge in [-0.25, -0.2) is 4.79 Å². The maximum Gasteiger partial charge on any atom is 0.350 e. The van der Waals surface area contributed by atoms with Crippen LogP contribution in [-0.2, 0) is 9.53 Å². The molecule has 0 aliphatic carbocycles. The molecule has 0 radical (unpaired) electrons. The molecule has 0 aliphatic rings. The number of benzene rings is 1. The van der Waals surface area contributed by atoms with E-state index in [0.717, 1.165) is 0 Å². The van der Waals surface area contributed by atoms with Crippen molar-refractivity contribution in [1.82, 2.24) is 0 Å². The third-order valence-corrected chi connectivity index (χ3v) is 2.19. The van der Waals surface area contributed by atoms with Gasteiger partial charge in [-0.2, -0.15) is 5.26 Å². The number of rotatable bonds is 4. The predicted octanol–water partition coefficient (Wildman–Crippen LogP) is 2.72. The zero-order chi connectivity index (χ0) is 12.7. The molecule has 5 heteroatoms. The summed E-state index contributed by atoms with van der Waals surface area (Å²) in [5.41, 5.74) is 0.512. The molecule has 0 unspecified atom stereocenters. The fourth-order valence-corrected chi connectivity index (χ4v) is 1.26. The van der Waals surface area contributed by atoms with E-state index in [1.807, 2.05) is 0 Å². The number of ether oxygens (including phenoxy) is 1. The number of carbonyl (C=O) groups is 1. The molecule has 1 rings (SSSR count). The van der Waals surface area contributed by atoms with E-state index in [1.165, 1.54) is 6.20 Å². The summed E-state index contributed by atoms with van der Waals surface area (Å²) < 4.78 is 4.71. The van der Waals surface area contributed by atoms with Gasteiger partial charge < -0.3 is 10.1 Å². The Morgan fingerprint density at radius 2 is 2.29 bits per heavy atom. The van der Waals surface area contributed by atoms with Gasteiger partial charge in [-0.05, 0) is 19.1 Å². The number of hydrogen-bond donors (Lipinski definition) is 1. The maximum atomic E-state index is 11.3. The van der Waals surface area contributed by atoms with E-state index >= 15 is 0 Å². The van der Waals surface area contributed by atoms with Crippen LogP contribution >= 0.6 is 11.6 Å². The number of nitrogens with zero attached hydrogens (tertiary/aromatic N) is 1. The lowest BCUT2D eigenvalue weighted by molar-refractivity contribution is -0.138. The zero-order valence-corrected chi connectivity index (χ0v) is 9.99. The van der Waals surface area contributed by atoms with E-state index in [2.05, 4.69) is 5.32 Å². The highest BCUT2D eigenvalue weighted by Crippen LogP contribution is 2.20. The van der Waals surface area contributed by atoms with Crippen LogP contribution in [0.1, 0.15) is 6.92 Å². The number of hydrogen-bond acceptors (Lipinski definition) is 4. The number of halogens is 1. The quantitative estimate of drug-likeness (QED) is 0.507. The highest BCUT2D eigenvalue weighted by Gasteiger charge is 2.09. The van der Waals surface area contributed by atoms with Crippen molar-refractivity contribution in [1.29, 1.82) is 5.26 Å². The molecule has 0 heterocycles. The standard InChI is InChI=1S/C12H11ClN2O2/c1-2-17-12(16)9(7-14)8-15-11-6-4-3-5-10(11)13/h3-6,8,15H,2H2,1H3. The number of para-hydroxylation sites is 1. The van der Waals surface area contributed by atoms with Crippen LogP contribution in [0.2, 0.25) is 5.02 Å². The maximum absolute atomic E-state index is 11.3. The fourth-order valence-electron chi connectivity index (χ4n) is 1.07. The molecule has 0 atom stereocenters. The Labute approximate surface area is 104 Å². The Hall–Kier alpha value is -1.99. The molecule has 1 aromatic carbocycles. The Morgan fingerprint density at radius 1 is 1.59 bits per heavy atom. The van der Waals surface area contributed by atoms with Gasteiger partial charge in [0.15, 0.2) is 5.57 Å². The summed E-state index contributed by atoms with van der Waals surface area (Å²) in [6.45, 7) is 1.90. The third kappa shape index (κ3) is 3.82. The van der Waals surface area contributed by atoms with E-state index in [-0.39, 0.29) is 12.2 Å². The second-order valence-electron chi connectivity index (χ2n) is 3.01. The first kappa shape index (κ1) is 13.1. The van der Waals surface area contributed by atoms with E-state index in [9.17, 15) is 4.79 Å². The van der Waals surface area contributed by atoms with E-state index in [1.54, 1.807) is 37.3 Å². The summed E-state index contributed by atoms with van der Waals surface area (Å²) in [7, 11) is 0. The van der Waals surface area contributed by atoms with Gasteiger partial charge in [-0.1, -0.05) is 23.7 Å². The lowest BCUT2D eigenvalue weighted by Gasteiger charge is -2.04. The average molecular weight is 251 g/mol. The number of nitriles is 1. The number of nitrogens with one attached hydrogen (secondary N) is 1. The molecule has 0 bridgehead atoms. The largest absolute Gasteiger partial charge is 0.462 e. The van der Waals surface area contributed by atoms with E-state index < -0.39 is 5.97 Å². The predicted molar refractivity (Wildman–Crippen MR) is 65.4 cm³/mol. The van der Waals surface area contributed by atoms with Crippen molar-refractivity contribution in [3.05, 3.63) is 41.1 Å². The molecular weight excluding hydrogens is 240 g/mol. The summed E-state index contributed by atoms with van der Waals surface area (Å²) in [5.74, 6) is -0.658. The fraction of sp³-hybridized carbons (Fsp3) is 0.167. The molecule has 0 saturated heterocycles. The van der Waals surface area contributed by atoms with Crippen molar-refractivity contribution in [2.45, 2.75) is 6.92 Å². The van der Waals surface area contributed by atoms with Crippen LogP contribution in [0.3, 0.4) is 0 Å². The first-order valence-electron chi connectivity index (χ1n) is 4.97. The van der Waals surface area contributed by atoms with Crippen LogP contribution in [-0.4, -0.2) is 12.6 Å². The van der Waals surface area contributed by atoms with E-state index in [4.69, 9.17) is 21.6 Å². The van der Waals surface area contributed by atoms with Gasteiger partial charge in [0.05, 0.1) is 17.3 Å². The highest BCUT2D eigenvalue weighted by molar-refractivity contribution is 6.33.